The lowest BCUT2D eigenvalue weighted by molar-refractivity contribution is -0.125. The highest BCUT2D eigenvalue weighted by atomic mass is 35.5. The van der Waals surface area contributed by atoms with E-state index in [-0.39, 0.29) is 18.2 Å². The minimum atomic E-state index is -0.579. The Bertz CT molecular complexity index is 360. The maximum Gasteiger partial charge on any atom is 0.245 e. The zero-order valence-corrected chi connectivity index (χ0v) is 8.55. The van der Waals surface area contributed by atoms with Crippen molar-refractivity contribution in [2.24, 2.45) is 5.73 Å². The van der Waals surface area contributed by atoms with Gasteiger partial charge >= 0.3 is 0 Å². The first-order valence-electron chi connectivity index (χ1n) is 4.16. The highest BCUT2D eigenvalue weighted by Gasteiger charge is 2.01. The molecule has 0 radical (unpaired) electrons. The van der Waals surface area contributed by atoms with Crippen LogP contribution in [-0.2, 0) is 16.2 Å². The Morgan fingerprint density at radius 3 is 2.93 bits per heavy atom. The summed E-state index contributed by atoms with van der Waals surface area (Å²) in [5.74, 6) is -1.07. The Hall–Kier alpha value is -1.17. The molecule has 4 nitrogen and oxygen atoms in total. The third kappa shape index (κ3) is 4.24. The Kier molecular flexibility index (Phi) is 4.48. The summed E-state index contributed by atoms with van der Waals surface area (Å²) in [4.78, 5) is 15.0. The van der Waals surface area contributed by atoms with Gasteiger partial charge in [-0.3, -0.25) is 9.63 Å². The van der Waals surface area contributed by atoms with Crippen LogP contribution in [0, 0.1) is 5.82 Å². The van der Waals surface area contributed by atoms with Gasteiger partial charge in [-0.25, -0.2) is 4.39 Å². The molecule has 0 aromatic heterocycles. The standard InChI is InChI=1S/C9H10ClFN2O2/c10-7-2-1-6(3-8(7)11)4-13-15-5-9(12)14/h1-3,13H,4-5H2,(H2,12,14). The van der Waals surface area contributed by atoms with Crippen molar-refractivity contribution in [3.8, 4) is 0 Å². The van der Waals surface area contributed by atoms with Crippen LogP contribution in [0.1, 0.15) is 5.56 Å². The molecule has 0 aliphatic heterocycles. The van der Waals surface area contributed by atoms with Crippen molar-refractivity contribution in [1.82, 2.24) is 5.48 Å². The summed E-state index contributed by atoms with van der Waals surface area (Å²) >= 11 is 5.50. The van der Waals surface area contributed by atoms with E-state index in [0.29, 0.717) is 5.56 Å². The first-order chi connectivity index (χ1) is 7.09. The molecule has 0 fully saturated rings. The predicted octanol–water partition coefficient (Wildman–Crippen LogP) is 0.986. The van der Waals surface area contributed by atoms with Crippen LogP contribution in [0.4, 0.5) is 4.39 Å². The van der Waals surface area contributed by atoms with Crippen LogP contribution in [0.2, 0.25) is 5.02 Å². The summed E-state index contributed by atoms with van der Waals surface area (Å²) in [6, 6.07) is 4.37. The number of primary amides is 1. The molecule has 6 heteroatoms. The molecule has 1 aromatic rings. The monoisotopic (exact) mass is 232 g/mol. The second-order valence-electron chi connectivity index (χ2n) is 2.82. The molecule has 0 heterocycles. The molecule has 0 unspecified atom stereocenters. The summed E-state index contributed by atoms with van der Waals surface area (Å²) in [7, 11) is 0. The van der Waals surface area contributed by atoms with E-state index in [0.717, 1.165) is 0 Å². The van der Waals surface area contributed by atoms with Gasteiger partial charge in [-0.1, -0.05) is 17.7 Å². The van der Waals surface area contributed by atoms with Gasteiger partial charge in [0.25, 0.3) is 0 Å². The first-order valence-corrected chi connectivity index (χ1v) is 4.54. The fraction of sp³-hybridized carbons (Fsp3) is 0.222. The van der Waals surface area contributed by atoms with Crippen LogP contribution >= 0.6 is 11.6 Å². The number of nitrogens with one attached hydrogen (secondary N) is 1. The molecule has 0 saturated carbocycles. The van der Waals surface area contributed by atoms with Gasteiger partial charge in [-0.15, -0.1) is 0 Å². The summed E-state index contributed by atoms with van der Waals surface area (Å²) in [6.07, 6.45) is 0. The molecule has 0 spiro atoms. The maximum atomic E-state index is 12.9. The first kappa shape index (κ1) is 11.9. The van der Waals surface area contributed by atoms with Crippen molar-refractivity contribution in [3.63, 3.8) is 0 Å². The van der Waals surface area contributed by atoms with Gasteiger partial charge < -0.3 is 5.73 Å². The lowest BCUT2D eigenvalue weighted by Crippen LogP contribution is -2.24. The quantitative estimate of drug-likeness (QED) is 0.588. The number of carbonyl (C=O) groups is 1. The molecule has 0 aliphatic rings. The smallest absolute Gasteiger partial charge is 0.245 e. The SMILES string of the molecule is NC(=O)CONCc1ccc(Cl)c(F)c1. The zero-order chi connectivity index (χ0) is 11.3. The summed E-state index contributed by atoms with van der Waals surface area (Å²) in [5, 5.41) is 0.0665. The van der Waals surface area contributed by atoms with Crippen molar-refractivity contribution in [2.75, 3.05) is 6.61 Å². The van der Waals surface area contributed by atoms with E-state index in [4.69, 9.17) is 17.3 Å². The van der Waals surface area contributed by atoms with Crippen molar-refractivity contribution in [2.45, 2.75) is 6.54 Å². The zero-order valence-electron chi connectivity index (χ0n) is 7.80. The highest BCUT2D eigenvalue weighted by Crippen LogP contribution is 2.15. The van der Waals surface area contributed by atoms with Gasteiger partial charge in [-0.2, -0.15) is 5.48 Å². The van der Waals surface area contributed by atoms with E-state index in [9.17, 15) is 9.18 Å². The molecule has 0 atom stereocenters. The van der Waals surface area contributed by atoms with E-state index in [1.54, 1.807) is 6.07 Å². The van der Waals surface area contributed by atoms with Crippen LogP contribution < -0.4 is 11.2 Å². The van der Waals surface area contributed by atoms with Gasteiger partial charge in [0.1, 0.15) is 12.4 Å². The van der Waals surface area contributed by atoms with E-state index in [1.165, 1.54) is 12.1 Å². The minimum Gasteiger partial charge on any atom is -0.368 e. The number of benzene rings is 1. The van der Waals surface area contributed by atoms with Gasteiger partial charge in [0.05, 0.1) is 5.02 Å². The Morgan fingerprint density at radius 2 is 2.33 bits per heavy atom. The van der Waals surface area contributed by atoms with E-state index < -0.39 is 11.7 Å². The lowest BCUT2D eigenvalue weighted by atomic mass is 10.2. The fourth-order valence-corrected chi connectivity index (χ4v) is 1.02. The molecule has 82 valence electrons. The maximum absolute atomic E-state index is 12.9. The van der Waals surface area contributed by atoms with Crippen LogP contribution in [-0.4, -0.2) is 12.5 Å². The van der Waals surface area contributed by atoms with Crippen molar-refractivity contribution in [1.29, 1.82) is 0 Å². The molecule has 0 aliphatic carbocycles. The average molecular weight is 233 g/mol. The third-order valence-electron chi connectivity index (χ3n) is 1.58. The van der Waals surface area contributed by atoms with E-state index in [1.807, 2.05) is 0 Å². The van der Waals surface area contributed by atoms with Crippen LogP contribution in [0.3, 0.4) is 0 Å². The van der Waals surface area contributed by atoms with Crippen LogP contribution in [0.15, 0.2) is 18.2 Å². The molecule has 1 amide bonds. The highest BCUT2D eigenvalue weighted by molar-refractivity contribution is 6.30. The number of hydrogen-bond acceptors (Lipinski definition) is 3. The van der Waals surface area contributed by atoms with E-state index >= 15 is 0 Å². The fourth-order valence-electron chi connectivity index (χ4n) is 0.906. The summed E-state index contributed by atoms with van der Waals surface area (Å²) in [5.41, 5.74) is 7.96. The molecule has 0 saturated heterocycles. The second kappa shape index (κ2) is 5.65. The Balaban J connectivity index is 2.38. The topological polar surface area (TPSA) is 64.4 Å². The van der Waals surface area contributed by atoms with Crippen molar-refractivity contribution >= 4 is 17.5 Å². The number of nitrogens with two attached hydrogens (primary N) is 1. The largest absolute Gasteiger partial charge is 0.368 e. The Morgan fingerprint density at radius 1 is 1.60 bits per heavy atom. The number of halogens is 2. The third-order valence-corrected chi connectivity index (χ3v) is 1.88. The van der Waals surface area contributed by atoms with Gasteiger partial charge in [0.2, 0.25) is 5.91 Å². The molecular weight excluding hydrogens is 223 g/mol. The van der Waals surface area contributed by atoms with Gasteiger partial charge in [0, 0.05) is 6.54 Å². The molecule has 15 heavy (non-hydrogen) atoms. The van der Waals surface area contributed by atoms with Crippen molar-refractivity contribution < 1.29 is 14.0 Å². The number of hydrogen-bond donors (Lipinski definition) is 2. The van der Waals surface area contributed by atoms with Crippen LogP contribution in [0.25, 0.3) is 0 Å². The predicted molar refractivity (Wildman–Crippen MR) is 53.4 cm³/mol. The molecule has 1 rings (SSSR count). The van der Waals surface area contributed by atoms with Crippen LogP contribution in [0.5, 0.6) is 0 Å². The minimum absolute atomic E-state index is 0.0665. The number of hydroxylamine groups is 1. The normalized spacial score (nSPS) is 10.3. The average Bonchev–Trinajstić information content (AvgIpc) is 2.18. The number of amides is 1. The molecular formula is C9H10ClFN2O2. The number of carbonyl (C=O) groups excluding carboxylic acids is 1. The van der Waals surface area contributed by atoms with Gasteiger partial charge in [0.15, 0.2) is 0 Å². The van der Waals surface area contributed by atoms with Crippen molar-refractivity contribution in [3.05, 3.63) is 34.6 Å². The molecule has 0 bridgehead atoms. The van der Waals surface area contributed by atoms with E-state index in [2.05, 4.69) is 10.3 Å². The molecule has 3 N–H and O–H groups in total. The molecule has 1 aromatic carbocycles. The lowest BCUT2D eigenvalue weighted by Gasteiger charge is -2.04. The summed E-state index contributed by atoms with van der Waals surface area (Å²) < 4.78 is 12.9. The Labute approximate surface area is 91.1 Å². The van der Waals surface area contributed by atoms with Gasteiger partial charge in [-0.05, 0) is 17.7 Å². The summed E-state index contributed by atoms with van der Waals surface area (Å²) in [6.45, 7) is 0.0391. The second-order valence-corrected chi connectivity index (χ2v) is 3.23. The number of rotatable bonds is 5.